The second-order valence-electron chi connectivity index (χ2n) is 7.16. The highest BCUT2D eigenvalue weighted by molar-refractivity contribution is 7.46. The summed E-state index contributed by atoms with van der Waals surface area (Å²) in [5.74, 6) is 0. The van der Waals surface area contributed by atoms with Gasteiger partial charge in [-0.2, -0.15) is 0 Å². The van der Waals surface area contributed by atoms with Gasteiger partial charge in [-0.25, -0.2) is 4.57 Å². The SMILES string of the molecule is CCCCCCCCCCCCCCC[C@@H](O)[C@@H](COP(=O)(O)O)N=[N+]=[N-]. The van der Waals surface area contributed by atoms with Crippen LogP contribution in [-0.4, -0.2) is 33.6 Å². The van der Waals surface area contributed by atoms with Crippen LogP contribution in [0.25, 0.3) is 10.4 Å². The topological polar surface area (TPSA) is 136 Å². The van der Waals surface area contributed by atoms with E-state index in [1.807, 2.05) is 0 Å². The van der Waals surface area contributed by atoms with Gasteiger partial charge in [0.25, 0.3) is 0 Å². The van der Waals surface area contributed by atoms with Gasteiger partial charge in [-0.1, -0.05) is 95.5 Å². The maximum Gasteiger partial charge on any atom is 0.469 e. The minimum absolute atomic E-state index is 0.423. The molecule has 0 aliphatic heterocycles. The molecule has 0 spiro atoms. The molecule has 0 aliphatic rings. The maximum absolute atomic E-state index is 10.7. The number of hydrogen-bond acceptors (Lipinski definition) is 4. The lowest BCUT2D eigenvalue weighted by Crippen LogP contribution is -2.28. The van der Waals surface area contributed by atoms with Crippen LogP contribution >= 0.6 is 7.82 Å². The molecule has 0 saturated heterocycles. The number of phosphoric acid groups is 1. The lowest BCUT2D eigenvalue weighted by atomic mass is 10.0. The molecule has 0 fully saturated rings. The molecule has 0 radical (unpaired) electrons. The van der Waals surface area contributed by atoms with Gasteiger partial charge in [0.2, 0.25) is 0 Å². The number of aliphatic hydroxyl groups is 1. The quantitative estimate of drug-likeness (QED) is 0.0839. The van der Waals surface area contributed by atoms with Gasteiger partial charge in [0, 0.05) is 4.91 Å². The molecule has 9 heteroatoms. The Bertz CT molecular complexity index is 441. The third-order valence-electron chi connectivity index (χ3n) is 4.66. The van der Waals surface area contributed by atoms with Gasteiger partial charge < -0.3 is 14.9 Å². The fourth-order valence-corrected chi connectivity index (χ4v) is 3.37. The van der Waals surface area contributed by atoms with Crippen LogP contribution in [0.3, 0.4) is 0 Å². The van der Waals surface area contributed by atoms with Crippen molar-refractivity contribution in [2.75, 3.05) is 6.61 Å². The van der Waals surface area contributed by atoms with E-state index in [2.05, 4.69) is 21.5 Å². The molecule has 0 saturated carbocycles. The van der Waals surface area contributed by atoms with Gasteiger partial charge in [0.1, 0.15) is 0 Å². The monoisotopic (exact) mass is 407 g/mol. The Morgan fingerprint density at radius 1 is 0.926 bits per heavy atom. The lowest BCUT2D eigenvalue weighted by Gasteiger charge is -2.18. The predicted molar refractivity (Wildman–Crippen MR) is 107 cm³/mol. The first-order valence-electron chi connectivity index (χ1n) is 10.3. The van der Waals surface area contributed by atoms with Crippen molar-refractivity contribution in [3.05, 3.63) is 10.4 Å². The predicted octanol–water partition coefficient (Wildman–Crippen LogP) is 5.62. The Morgan fingerprint density at radius 2 is 1.37 bits per heavy atom. The Labute approximate surface area is 163 Å². The number of unbranched alkanes of at least 4 members (excludes halogenated alkanes) is 12. The van der Waals surface area contributed by atoms with E-state index < -0.39 is 26.6 Å². The minimum atomic E-state index is -4.64. The zero-order chi connectivity index (χ0) is 20.4. The largest absolute Gasteiger partial charge is 0.469 e. The highest BCUT2D eigenvalue weighted by Crippen LogP contribution is 2.36. The maximum atomic E-state index is 10.7. The number of phosphoric ester groups is 1. The summed E-state index contributed by atoms with van der Waals surface area (Å²) in [4.78, 5) is 20.0. The normalized spacial score (nSPS) is 13.9. The fraction of sp³-hybridized carbons (Fsp3) is 1.00. The molecule has 160 valence electrons. The van der Waals surface area contributed by atoms with E-state index in [4.69, 9.17) is 15.3 Å². The first-order chi connectivity index (χ1) is 12.9. The molecule has 0 aromatic carbocycles. The van der Waals surface area contributed by atoms with E-state index >= 15 is 0 Å². The molecule has 0 heterocycles. The van der Waals surface area contributed by atoms with Crippen molar-refractivity contribution in [2.45, 2.75) is 109 Å². The molecular formula is C18H38N3O5P. The number of azide groups is 1. The molecule has 0 rings (SSSR count). The van der Waals surface area contributed by atoms with Crippen molar-refractivity contribution in [3.63, 3.8) is 0 Å². The highest BCUT2D eigenvalue weighted by Gasteiger charge is 2.22. The molecule has 0 aromatic heterocycles. The van der Waals surface area contributed by atoms with Crippen molar-refractivity contribution >= 4 is 7.82 Å². The molecule has 0 bridgehead atoms. The zero-order valence-corrected chi connectivity index (χ0v) is 17.6. The molecule has 8 nitrogen and oxygen atoms in total. The van der Waals surface area contributed by atoms with Crippen molar-refractivity contribution < 1.29 is 24.0 Å². The summed E-state index contributed by atoms with van der Waals surface area (Å²) < 4.78 is 15.0. The molecule has 0 unspecified atom stereocenters. The second-order valence-corrected chi connectivity index (χ2v) is 8.40. The Hall–Kier alpha value is -0.620. The summed E-state index contributed by atoms with van der Waals surface area (Å²) in [7, 11) is -4.64. The second kappa shape index (κ2) is 17.5. The highest BCUT2D eigenvalue weighted by atomic mass is 31.2. The first kappa shape index (κ1) is 26.4. The summed E-state index contributed by atoms with van der Waals surface area (Å²) in [6.07, 6.45) is 15.5. The third kappa shape index (κ3) is 18.5. The van der Waals surface area contributed by atoms with Crippen molar-refractivity contribution in [1.82, 2.24) is 0 Å². The Kier molecular flexibility index (Phi) is 17.1. The van der Waals surface area contributed by atoms with Gasteiger partial charge in [-0.3, -0.25) is 4.52 Å². The van der Waals surface area contributed by atoms with Crippen LogP contribution in [0, 0.1) is 0 Å². The molecule has 27 heavy (non-hydrogen) atoms. The van der Waals surface area contributed by atoms with Gasteiger partial charge in [0.15, 0.2) is 0 Å². The number of nitrogens with zero attached hydrogens (tertiary/aromatic N) is 3. The fourth-order valence-electron chi connectivity index (χ4n) is 3.02. The third-order valence-corrected chi connectivity index (χ3v) is 5.15. The Morgan fingerprint density at radius 3 is 1.78 bits per heavy atom. The average Bonchev–Trinajstić information content (AvgIpc) is 2.61. The summed E-state index contributed by atoms with van der Waals surface area (Å²) in [5.41, 5.74) is 8.50. The van der Waals surface area contributed by atoms with Gasteiger partial charge in [-0.05, 0) is 12.0 Å². The van der Waals surface area contributed by atoms with E-state index in [0.717, 1.165) is 19.3 Å². The van der Waals surface area contributed by atoms with Crippen LogP contribution < -0.4 is 0 Å². The number of rotatable bonds is 19. The standard InChI is InChI=1S/C18H38N3O5P/c1-2-3-4-5-6-7-8-9-10-11-12-13-14-15-18(22)17(20-21-19)16-26-27(23,24)25/h17-18,22H,2-16H2,1H3,(H2,23,24,25)/t17-,18-/m1/s1. The molecule has 0 aliphatic carbocycles. The molecular weight excluding hydrogens is 369 g/mol. The van der Waals surface area contributed by atoms with Crippen LogP contribution in [-0.2, 0) is 9.09 Å². The smallest absolute Gasteiger partial charge is 0.393 e. The van der Waals surface area contributed by atoms with E-state index in [0.29, 0.717) is 6.42 Å². The van der Waals surface area contributed by atoms with Crippen LogP contribution in [0.4, 0.5) is 0 Å². The van der Waals surface area contributed by atoms with E-state index in [-0.39, 0.29) is 0 Å². The molecule has 3 N–H and O–H groups in total. The minimum Gasteiger partial charge on any atom is -0.393 e. The lowest BCUT2D eigenvalue weighted by molar-refractivity contribution is 0.0933. The van der Waals surface area contributed by atoms with Crippen LogP contribution in [0.5, 0.6) is 0 Å². The van der Waals surface area contributed by atoms with Crippen molar-refractivity contribution in [3.8, 4) is 0 Å². The van der Waals surface area contributed by atoms with Gasteiger partial charge in [0.05, 0.1) is 18.8 Å². The van der Waals surface area contributed by atoms with Crippen LogP contribution in [0.1, 0.15) is 96.8 Å². The summed E-state index contributed by atoms with van der Waals surface area (Å²) in [6, 6.07) is -0.986. The van der Waals surface area contributed by atoms with Crippen molar-refractivity contribution in [1.29, 1.82) is 0 Å². The Balaban J connectivity index is 3.61. The van der Waals surface area contributed by atoms with E-state index in [1.54, 1.807) is 0 Å². The molecule has 0 amide bonds. The summed E-state index contributed by atoms with van der Waals surface area (Å²) >= 11 is 0. The zero-order valence-electron chi connectivity index (χ0n) is 16.7. The number of hydrogen-bond donors (Lipinski definition) is 3. The van der Waals surface area contributed by atoms with Crippen LogP contribution in [0.15, 0.2) is 5.11 Å². The number of aliphatic hydroxyl groups excluding tert-OH is 1. The summed E-state index contributed by atoms with van der Waals surface area (Å²) in [5, 5.41) is 13.4. The summed E-state index contributed by atoms with van der Waals surface area (Å²) in [6.45, 7) is 1.74. The van der Waals surface area contributed by atoms with E-state index in [9.17, 15) is 9.67 Å². The van der Waals surface area contributed by atoms with Crippen LogP contribution in [0.2, 0.25) is 0 Å². The van der Waals surface area contributed by atoms with Gasteiger partial charge in [-0.15, -0.1) is 0 Å². The van der Waals surface area contributed by atoms with Crippen molar-refractivity contribution in [2.24, 2.45) is 5.11 Å². The molecule has 2 atom stereocenters. The van der Waals surface area contributed by atoms with E-state index in [1.165, 1.54) is 64.2 Å². The first-order valence-corrected chi connectivity index (χ1v) is 11.9. The molecule has 0 aromatic rings. The average molecular weight is 407 g/mol. The van der Waals surface area contributed by atoms with Gasteiger partial charge >= 0.3 is 7.82 Å².